The van der Waals surface area contributed by atoms with E-state index in [4.69, 9.17) is 0 Å². The summed E-state index contributed by atoms with van der Waals surface area (Å²) >= 11 is 3.40. The zero-order valence-electron chi connectivity index (χ0n) is 15.7. The number of hydrogen-bond acceptors (Lipinski definition) is 2. The molecule has 0 saturated carbocycles. The number of nitrogens with one attached hydrogen (secondary N) is 2. The Kier molecular flexibility index (Phi) is 6.82. The summed E-state index contributed by atoms with van der Waals surface area (Å²) in [5, 5.41) is 8.24. The van der Waals surface area contributed by atoms with Gasteiger partial charge in [-0.1, -0.05) is 70.5 Å². The van der Waals surface area contributed by atoms with Crippen molar-refractivity contribution < 1.29 is 9.59 Å². The summed E-state index contributed by atoms with van der Waals surface area (Å²) in [5.74, 6) is -0.237. The Morgan fingerprint density at radius 2 is 1.68 bits per heavy atom. The van der Waals surface area contributed by atoms with E-state index >= 15 is 0 Å². The van der Waals surface area contributed by atoms with E-state index in [1.807, 2.05) is 36.4 Å². The summed E-state index contributed by atoms with van der Waals surface area (Å²) in [4.78, 5) is 23.9. The van der Waals surface area contributed by atoms with Gasteiger partial charge in [-0.25, -0.2) is 0 Å². The minimum atomic E-state index is -0.341. The molecule has 2 N–H and O–H groups in total. The molecule has 28 heavy (non-hydrogen) atoms. The number of rotatable bonds is 7. The monoisotopic (exact) mass is 438 g/mol. The molecule has 3 aromatic rings. The summed E-state index contributed by atoms with van der Waals surface area (Å²) < 4.78 is 0.956. The van der Waals surface area contributed by atoms with E-state index in [-0.39, 0.29) is 24.3 Å². The zero-order chi connectivity index (χ0) is 19.9. The van der Waals surface area contributed by atoms with Crippen LogP contribution in [0.5, 0.6) is 0 Å². The Balaban J connectivity index is 1.56. The molecule has 0 aliphatic heterocycles. The topological polar surface area (TPSA) is 58.2 Å². The van der Waals surface area contributed by atoms with Gasteiger partial charge in [0, 0.05) is 17.9 Å². The van der Waals surface area contributed by atoms with Crippen LogP contribution in [0.3, 0.4) is 0 Å². The maximum absolute atomic E-state index is 12.4. The van der Waals surface area contributed by atoms with Crippen molar-refractivity contribution in [2.24, 2.45) is 0 Å². The molecule has 1 unspecified atom stereocenters. The quantitative estimate of drug-likeness (QED) is 0.569. The highest BCUT2D eigenvalue weighted by Gasteiger charge is 2.17. The predicted octanol–water partition coefficient (Wildman–Crippen LogP) is 4.53. The smallest absolute Gasteiger partial charge is 0.222 e. The minimum Gasteiger partial charge on any atom is -0.356 e. The molecule has 5 heteroatoms. The van der Waals surface area contributed by atoms with Crippen LogP contribution in [-0.4, -0.2) is 18.4 Å². The van der Waals surface area contributed by atoms with Gasteiger partial charge in [0.1, 0.15) is 0 Å². The van der Waals surface area contributed by atoms with Crippen LogP contribution in [0, 0.1) is 0 Å². The van der Waals surface area contributed by atoms with E-state index in [0.717, 1.165) is 16.5 Å². The average molecular weight is 439 g/mol. The number of hydrogen-bond donors (Lipinski definition) is 2. The van der Waals surface area contributed by atoms with E-state index in [1.54, 1.807) is 0 Å². The number of benzene rings is 3. The number of fused-ring (bicyclic) bond motifs is 1. The summed E-state index contributed by atoms with van der Waals surface area (Å²) in [6.07, 6.45) is 0.971. The van der Waals surface area contributed by atoms with Gasteiger partial charge in [0.05, 0.1) is 12.5 Å². The molecule has 0 aromatic heterocycles. The van der Waals surface area contributed by atoms with Crippen molar-refractivity contribution in [3.8, 4) is 0 Å². The molecular formula is C23H23BrN2O2. The minimum absolute atomic E-state index is 0.0811. The first kappa shape index (κ1) is 20.1. The third-order valence-corrected chi connectivity index (χ3v) is 5.12. The van der Waals surface area contributed by atoms with Gasteiger partial charge in [0.25, 0.3) is 0 Å². The van der Waals surface area contributed by atoms with Crippen molar-refractivity contribution in [2.75, 3.05) is 6.54 Å². The molecule has 0 bridgehead atoms. The molecule has 0 radical (unpaired) electrons. The van der Waals surface area contributed by atoms with Gasteiger partial charge in [0.2, 0.25) is 11.8 Å². The molecule has 1 atom stereocenters. The number of amides is 2. The van der Waals surface area contributed by atoms with Crippen LogP contribution in [0.15, 0.2) is 71.2 Å². The fourth-order valence-electron chi connectivity index (χ4n) is 3.19. The molecule has 0 aliphatic carbocycles. The highest BCUT2D eigenvalue weighted by molar-refractivity contribution is 9.10. The van der Waals surface area contributed by atoms with Crippen LogP contribution in [0.1, 0.15) is 30.5 Å². The van der Waals surface area contributed by atoms with Crippen LogP contribution in [0.2, 0.25) is 0 Å². The van der Waals surface area contributed by atoms with E-state index in [1.165, 1.54) is 23.3 Å². The lowest BCUT2D eigenvalue weighted by molar-refractivity contribution is -0.122. The van der Waals surface area contributed by atoms with Gasteiger partial charge in [-0.05, 0) is 40.5 Å². The van der Waals surface area contributed by atoms with Crippen molar-refractivity contribution in [3.63, 3.8) is 0 Å². The van der Waals surface area contributed by atoms with Gasteiger partial charge in [-0.3, -0.25) is 9.59 Å². The molecule has 2 amide bonds. The van der Waals surface area contributed by atoms with Gasteiger partial charge >= 0.3 is 0 Å². The normalized spacial score (nSPS) is 11.8. The zero-order valence-corrected chi connectivity index (χ0v) is 17.3. The van der Waals surface area contributed by atoms with Crippen LogP contribution in [-0.2, 0) is 16.0 Å². The molecule has 3 aromatic carbocycles. The Hall–Kier alpha value is -2.66. The molecule has 144 valence electrons. The van der Waals surface area contributed by atoms with E-state index in [9.17, 15) is 9.59 Å². The third kappa shape index (κ3) is 5.67. The summed E-state index contributed by atoms with van der Waals surface area (Å²) in [5.41, 5.74) is 2.09. The van der Waals surface area contributed by atoms with Crippen molar-refractivity contribution in [1.82, 2.24) is 10.6 Å². The Labute approximate surface area is 173 Å². The molecule has 0 heterocycles. The molecule has 0 spiro atoms. The van der Waals surface area contributed by atoms with Crippen molar-refractivity contribution in [2.45, 2.75) is 25.8 Å². The molecule has 0 aliphatic rings. The number of halogens is 1. The first-order chi connectivity index (χ1) is 13.5. The van der Waals surface area contributed by atoms with Gasteiger partial charge in [-0.2, -0.15) is 0 Å². The molecule has 3 rings (SSSR count). The highest BCUT2D eigenvalue weighted by Crippen LogP contribution is 2.20. The van der Waals surface area contributed by atoms with Crippen LogP contribution in [0.4, 0.5) is 0 Å². The fourth-order valence-corrected chi connectivity index (χ4v) is 3.46. The Bertz CT molecular complexity index is 970. The number of carbonyl (C=O) groups excluding carboxylic acids is 2. The summed E-state index contributed by atoms with van der Waals surface area (Å²) in [7, 11) is 0. The van der Waals surface area contributed by atoms with Gasteiger partial charge < -0.3 is 10.6 Å². The largest absolute Gasteiger partial charge is 0.356 e. The highest BCUT2D eigenvalue weighted by atomic mass is 79.9. The average Bonchev–Trinajstić information content (AvgIpc) is 2.67. The van der Waals surface area contributed by atoms with E-state index in [2.05, 4.69) is 56.9 Å². The van der Waals surface area contributed by atoms with Crippen molar-refractivity contribution in [3.05, 3.63) is 82.3 Å². The maximum Gasteiger partial charge on any atom is 0.222 e. The third-order valence-electron chi connectivity index (χ3n) is 4.59. The van der Waals surface area contributed by atoms with E-state index < -0.39 is 0 Å². The maximum atomic E-state index is 12.4. The Morgan fingerprint density at radius 1 is 0.964 bits per heavy atom. The lowest BCUT2D eigenvalue weighted by Crippen LogP contribution is -2.33. The molecule has 0 saturated heterocycles. The number of carbonyl (C=O) groups is 2. The second-order valence-corrected chi connectivity index (χ2v) is 7.71. The van der Waals surface area contributed by atoms with Crippen LogP contribution in [0.25, 0.3) is 10.8 Å². The van der Waals surface area contributed by atoms with Crippen molar-refractivity contribution in [1.29, 1.82) is 0 Å². The van der Waals surface area contributed by atoms with Gasteiger partial charge in [0.15, 0.2) is 0 Å². The second-order valence-electron chi connectivity index (χ2n) is 6.79. The first-order valence-electron chi connectivity index (χ1n) is 9.28. The fraction of sp³-hybridized carbons (Fsp3) is 0.217. The lowest BCUT2D eigenvalue weighted by atomic mass is 10.0. The predicted molar refractivity (Wildman–Crippen MR) is 116 cm³/mol. The standard InChI is InChI=1S/C23H23BrN2O2/c1-16(27)26-22(19-8-10-21(24)11-9-19)15-23(28)25-13-12-17-6-7-18-4-2-3-5-20(18)14-17/h2-11,14,22H,12-13,15H2,1H3,(H,25,28)(H,26,27). The van der Waals surface area contributed by atoms with Gasteiger partial charge in [-0.15, -0.1) is 0 Å². The summed E-state index contributed by atoms with van der Waals surface area (Å²) in [6, 6.07) is 21.9. The second kappa shape index (κ2) is 9.51. The molecule has 4 nitrogen and oxygen atoms in total. The Morgan fingerprint density at radius 3 is 2.39 bits per heavy atom. The molecular weight excluding hydrogens is 416 g/mol. The summed E-state index contributed by atoms with van der Waals surface area (Å²) in [6.45, 7) is 2.02. The SMILES string of the molecule is CC(=O)NC(CC(=O)NCCc1ccc2ccccc2c1)c1ccc(Br)cc1. The molecule has 0 fully saturated rings. The van der Waals surface area contributed by atoms with Crippen LogP contribution < -0.4 is 10.6 Å². The lowest BCUT2D eigenvalue weighted by Gasteiger charge is -2.18. The first-order valence-corrected chi connectivity index (χ1v) is 10.1. The van der Waals surface area contributed by atoms with Crippen molar-refractivity contribution >= 4 is 38.5 Å². The van der Waals surface area contributed by atoms with Crippen LogP contribution >= 0.6 is 15.9 Å². The van der Waals surface area contributed by atoms with E-state index in [0.29, 0.717) is 6.54 Å².